The van der Waals surface area contributed by atoms with Gasteiger partial charge in [-0.05, 0) is 68.3 Å². The second-order valence-electron chi connectivity index (χ2n) is 10.5. The quantitative estimate of drug-likeness (QED) is 0.212. The molecule has 11 heteroatoms. The molecule has 3 aromatic carbocycles. The number of anilines is 2. The smallest absolute Gasteiger partial charge is 0.433 e. The topological polar surface area (TPSA) is 97.8 Å². The van der Waals surface area contributed by atoms with Gasteiger partial charge in [-0.3, -0.25) is 9.59 Å². The van der Waals surface area contributed by atoms with Gasteiger partial charge in [0.25, 0.3) is 10.9 Å². The van der Waals surface area contributed by atoms with Gasteiger partial charge in [0.2, 0.25) is 5.88 Å². The van der Waals surface area contributed by atoms with E-state index in [0.717, 1.165) is 24.5 Å². The molecule has 3 atom stereocenters. The van der Waals surface area contributed by atoms with Crippen LogP contribution in [0.25, 0.3) is 10.8 Å². The van der Waals surface area contributed by atoms with Gasteiger partial charge in [0.05, 0.1) is 5.92 Å². The number of fused-ring (bicyclic) bond motifs is 1. The van der Waals surface area contributed by atoms with Crippen molar-refractivity contribution < 1.29 is 27.5 Å². The second-order valence-corrected chi connectivity index (χ2v) is 10.5. The number of aromatic nitrogens is 1. The molecule has 4 aromatic rings. The Labute approximate surface area is 233 Å². The first-order valence-corrected chi connectivity index (χ1v) is 13.3. The molecule has 1 fully saturated rings. The van der Waals surface area contributed by atoms with Gasteiger partial charge in [-0.1, -0.05) is 37.3 Å². The highest BCUT2D eigenvalue weighted by Crippen LogP contribution is 2.36. The largest absolute Gasteiger partial charge is 0.438 e. The summed E-state index contributed by atoms with van der Waals surface area (Å²) in [6.07, 6.45) is -2.55. The molecule has 0 amide bonds. The van der Waals surface area contributed by atoms with E-state index in [0.29, 0.717) is 10.8 Å². The van der Waals surface area contributed by atoms with Crippen LogP contribution in [0.15, 0.2) is 64.2 Å². The molecule has 1 N–H and O–H groups in total. The van der Waals surface area contributed by atoms with Crippen molar-refractivity contribution in [3.63, 3.8) is 0 Å². The fraction of sp³-hybridized carbons (Fsp3) is 0.333. The van der Waals surface area contributed by atoms with Crippen molar-refractivity contribution in [3.8, 4) is 11.6 Å². The molecule has 1 aromatic heterocycles. The lowest BCUT2D eigenvalue weighted by molar-refractivity contribution is -0.145. The van der Waals surface area contributed by atoms with Crippen molar-refractivity contribution >= 4 is 28.1 Å². The summed E-state index contributed by atoms with van der Waals surface area (Å²) in [5.74, 6) is -1.11. The average molecular weight is 568 g/mol. The third-order valence-electron chi connectivity index (χ3n) is 7.43. The number of nitrogens with one attached hydrogen (secondary N) is 1. The number of halogens is 3. The van der Waals surface area contributed by atoms with Crippen LogP contribution in [0.4, 0.5) is 24.5 Å². The number of nitrogens with zero attached hydrogens (tertiary/aromatic N) is 2. The highest BCUT2D eigenvalue weighted by atomic mass is 19.4. The molecule has 0 unspecified atom stereocenters. The minimum Gasteiger partial charge on any atom is -0.438 e. The summed E-state index contributed by atoms with van der Waals surface area (Å²) in [4.78, 5) is 47.8. The molecular weight excluding hydrogens is 539 g/mol. The Kier molecular flexibility index (Phi) is 7.46. The van der Waals surface area contributed by atoms with E-state index in [1.807, 2.05) is 18.7 Å². The fourth-order valence-corrected chi connectivity index (χ4v) is 5.19. The van der Waals surface area contributed by atoms with Crippen LogP contribution in [0, 0.1) is 5.92 Å². The molecule has 41 heavy (non-hydrogen) atoms. The van der Waals surface area contributed by atoms with Crippen molar-refractivity contribution in [1.29, 1.82) is 0 Å². The summed E-state index contributed by atoms with van der Waals surface area (Å²) in [5.41, 5.74) is 1.05. The first kappa shape index (κ1) is 28.1. The Balaban J connectivity index is 1.22. The maximum Gasteiger partial charge on any atom is 0.433 e. The number of benzene rings is 2. The molecule has 0 radical (unpaired) electrons. The monoisotopic (exact) mass is 567 g/mol. The van der Waals surface area contributed by atoms with Crippen LogP contribution >= 0.6 is 0 Å². The molecule has 0 spiro atoms. The third-order valence-corrected chi connectivity index (χ3v) is 7.43. The first-order valence-electron chi connectivity index (χ1n) is 13.3. The lowest BCUT2D eigenvalue weighted by Gasteiger charge is -2.30. The number of hydrogen-bond donors (Lipinski definition) is 1. The number of alkyl halides is 3. The van der Waals surface area contributed by atoms with Crippen molar-refractivity contribution in [2.75, 3.05) is 10.4 Å². The molecular formula is C30H28F3N3O5. The molecule has 1 aliphatic heterocycles. The van der Waals surface area contributed by atoms with E-state index in [4.69, 9.17) is 9.57 Å². The van der Waals surface area contributed by atoms with E-state index in [9.17, 15) is 27.6 Å². The predicted molar refractivity (Wildman–Crippen MR) is 148 cm³/mol. The van der Waals surface area contributed by atoms with Crippen molar-refractivity contribution in [2.24, 2.45) is 5.92 Å². The van der Waals surface area contributed by atoms with E-state index in [-0.39, 0.29) is 41.5 Å². The van der Waals surface area contributed by atoms with Crippen LogP contribution in [0.1, 0.15) is 44.9 Å². The number of hydrogen-bond acceptors (Lipinski definition) is 8. The van der Waals surface area contributed by atoms with Crippen LogP contribution in [0.5, 0.6) is 11.6 Å². The minimum atomic E-state index is -4.63. The summed E-state index contributed by atoms with van der Waals surface area (Å²) in [7, 11) is 0. The number of pyridine rings is 1. The zero-order chi connectivity index (χ0) is 29.5. The summed E-state index contributed by atoms with van der Waals surface area (Å²) >= 11 is 0. The molecule has 1 aliphatic rings. The average Bonchev–Trinajstić information content (AvgIpc) is 3.27. The SMILES string of the molecule is C[C@@H]1CC[C@H](C)N1c1c(NOC(=O)[C@@H](C)Cc2ccc(Oc3nc(C(F)(F)F)cc4ccccc34)cc2)c(=O)c1=O. The van der Waals surface area contributed by atoms with Crippen molar-refractivity contribution in [1.82, 2.24) is 4.98 Å². The van der Waals surface area contributed by atoms with Gasteiger partial charge in [-0.2, -0.15) is 13.2 Å². The minimum absolute atomic E-state index is 0.00613. The number of rotatable bonds is 8. The van der Waals surface area contributed by atoms with Gasteiger partial charge in [-0.25, -0.2) is 15.3 Å². The van der Waals surface area contributed by atoms with E-state index in [1.54, 1.807) is 55.5 Å². The van der Waals surface area contributed by atoms with Crippen LogP contribution < -0.4 is 26.0 Å². The molecule has 1 saturated heterocycles. The van der Waals surface area contributed by atoms with Gasteiger partial charge in [-0.15, -0.1) is 0 Å². The summed E-state index contributed by atoms with van der Waals surface area (Å²) < 4.78 is 45.8. The summed E-state index contributed by atoms with van der Waals surface area (Å²) in [6.45, 7) is 5.61. The van der Waals surface area contributed by atoms with Crippen molar-refractivity contribution in [3.05, 3.63) is 86.3 Å². The van der Waals surface area contributed by atoms with Gasteiger partial charge >= 0.3 is 12.1 Å². The lowest BCUT2D eigenvalue weighted by atomic mass is 10.0. The lowest BCUT2D eigenvalue weighted by Crippen LogP contribution is -2.46. The number of ether oxygens (including phenoxy) is 1. The van der Waals surface area contributed by atoms with E-state index < -0.39 is 34.6 Å². The Morgan fingerprint density at radius 2 is 1.71 bits per heavy atom. The van der Waals surface area contributed by atoms with Crippen molar-refractivity contribution in [2.45, 2.75) is 58.3 Å². The molecule has 2 heterocycles. The Hall–Kier alpha value is -4.41. The molecule has 0 aliphatic carbocycles. The fourth-order valence-electron chi connectivity index (χ4n) is 5.19. The highest BCUT2D eigenvalue weighted by Gasteiger charge is 2.36. The molecule has 214 valence electrons. The molecule has 8 nitrogen and oxygen atoms in total. The molecule has 5 rings (SSSR count). The predicted octanol–water partition coefficient (Wildman–Crippen LogP) is 5.77. The van der Waals surface area contributed by atoms with Crippen LogP contribution in [-0.4, -0.2) is 23.0 Å². The highest BCUT2D eigenvalue weighted by molar-refractivity contribution is 5.87. The Morgan fingerprint density at radius 3 is 2.37 bits per heavy atom. The van der Waals surface area contributed by atoms with Gasteiger partial charge in [0.1, 0.15) is 17.1 Å². The summed E-state index contributed by atoms with van der Waals surface area (Å²) in [6, 6.07) is 14.2. The zero-order valence-corrected chi connectivity index (χ0v) is 22.6. The third kappa shape index (κ3) is 5.61. The molecule has 0 bridgehead atoms. The van der Waals surface area contributed by atoms with E-state index in [2.05, 4.69) is 10.5 Å². The number of carbonyl (C=O) groups is 1. The maximum absolute atomic E-state index is 13.4. The first-order chi connectivity index (χ1) is 19.4. The standard InChI is InChI=1S/C30H28F3N3O5/c1-16(29(39)41-35-24-25(27(38)26(24)37)36-17(2)8-9-18(36)3)14-19-10-12-21(13-11-19)40-28-22-7-5-4-6-20(22)15-23(34-28)30(31,32)33/h4-7,10-13,15-18,35H,8-9,14H2,1-3H3/t16-,17-,18+/m0/s1. The van der Waals surface area contributed by atoms with Gasteiger partial charge < -0.3 is 14.5 Å². The van der Waals surface area contributed by atoms with Gasteiger partial charge in [0, 0.05) is 17.5 Å². The normalized spacial score (nSPS) is 18.0. The van der Waals surface area contributed by atoms with E-state index >= 15 is 0 Å². The Morgan fingerprint density at radius 1 is 1.05 bits per heavy atom. The van der Waals surface area contributed by atoms with Crippen LogP contribution in [0.2, 0.25) is 0 Å². The Bertz CT molecular complexity index is 1650. The number of carbonyl (C=O) groups excluding carboxylic acids is 1. The van der Waals surface area contributed by atoms with Crippen LogP contribution in [-0.2, 0) is 22.2 Å². The maximum atomic E-state index is 13.4. The van der Waals surface area contributed by atoms with Gasteiger partial charge in [0.15, 0.2) is 5.69 Å². The summed E-state index contributed by atoms with van der Waals surface area (Å²) in [5, 5.41) is 0.787. The van der Waals surface area contributed by atoms with E-state index in [1.165, 1.54) is 0 Å². The second kappa shape index (κ2) is 10.9. The van der Waals surface area contributed by atoms with Crippen LogP contribution in [0.3, 0.4) is 0 Å². The zero-order valence-electron chi connectivity index (χ0n) is 22.6. The molecule has 0 saturated carbocycles.